The van der Waals surface area contributed by atoms with Crippen LogP contribution >= 0.6 is 0 Å². The van der Waals surface area contributed by atoms with Crippen LogP contribution in [-0.2, 0) is 4.79 Å². The molecule has 9 heteroatoms. The lowest BCUT2D eigenvalue weighted by atomic mass is 10.00. The highest BCUT2D eigenvalue weighted by molar-refractivity contribution is 6.01. The molecule has 1 aromatic carbocycles. The first-order valence-electron chi connectivity index (χ1n) is 10.2. The second-order valence-electron chi connectivity index (χ2n) is 8.03. The Bertz CT molecular complexity index is 962. The number of anilines is 1. The summed E-state index contributed by atoms with van der Waals surface area (Å²) >= 11 is 0. The molecule has 2 saturated heterocycles. The number of amides is 1. The van der Waals surface area contributed by atoms with Gasteiger partial charge < -0.3 is 10.2 Å². The minimum atomic E-state index is -2.92. The van der Waals surface area contributed by atoms with Gasteiger partial charge in [0, 0.05) is 57.3 Å². The van der Waals surface area contributed by atoms with Crippen molar-refractivity contribution in [1.82, 2.24) is 20.2 Å². The molecule has 2 aliphatic heterocycles. The molecule has 2 unspecified atom stereocenters. The van der Waals surface area contributed by atoms with Crippen molar-refractivity contribution in [3.8, 4) is 0 Å². The quantitative estimate of drug-likeness (QED) is 0.756. The molecule has 2 aromatic rings. The predicted molar refractivity (Wildman–Crippen MR) is 112 cm³/mol. The molecule has 0 spiro atoms. The van der Waals surface area contributed by atoms with Gasteiger partial charge in [-0.15, -0.1) is 0 Å². The van der Waals surface area contributed by atoms with Crippen molar-refractivity contribution < 1.29 is 13.6 Å². The van der Waals surface area contributed by atoms with Gasteiger partial charge in [0.1, 0.15) is 5.52 Å². The van der Waals surface area contributed by atoms with Crippen molar-refractivity contribution in [2.75, 3.05) is 38.1 Å². The van der Waals surface area contributed by atoms with Crippen molar-refractivity contribution in [2.45, 2.75) is 37.8 Å². The largest absolute Gasteiger partial charge is 0.362 e. The lowest BCUT2D eigenvalue weighted by Crippen LogP contribution is -2.59. The Hall–Kier alpha value is -2.68. The van der Waals surface area contributed by atoms with E-state index in [1.807, 2.05) is 17.9 Å². The van der Waals surface area contributed by atoms with Gasteiger partial charge in [-0.05, 0) is 25.5 Å². The van der Waals surface area contributed by atoms with Crippen LogP contribution < -0.4 is 10.2 Å². The maximum absolute atomic E-state index is 14.6. The minimum absolute atomic E-state index is 0.198. The second-order valence-corrected chi connectivity index (χ2v) is 8.03. The summed E-state index contributed by atoms with van der Waals surface area (Å²) in [5.41, 5.74) is 2.52. The van der Waals surface area contributed by atoms with E-state index in [0.717, 1.165) is 25.1 Å². The van der Waals surface area contributed by atoms with E-state index < -0.39 is 18.5 Å². The lowest BCUT2D eigenvalue weighted by molar-refractivity contribution is -0.128. The summed E-state index contributed by atoms with van der Waals surface area (Å²) in [5, 5.41) is 2.84. The maximum Gasteiger partial charge on any atom is 0.267 e. The van der Waals surface area contributed by atoms with Crippen molar-refractivity contribution in [2.24, 2.45) is 4.99 Å². The molecule has 160 valence electrons. The SMILES string of the molecule is CN=Cc1ccc(N2CC(NC(=O)C(C)N3CCC3)CC(F)(F)C2)c2nccnc12. The standard InChI is InChI=1S/C21H26F2N6O/c1-14(28-8-3-9-28)20(30)27-16-10-21(22,23)13-29(12-16)17-5-4-15(11-24-2)18-19(17)26-7-6-25-18/h4-7,11,14,16H,3,8-10,12-13H2,1-2H3,(H,27,30). The fourth-order valence-corrected chi connectivity index (χ4v) is 4.16. The molecule has 7 nitrogen and oxygen atoms in total. The molecule has 1 aromatic heterocycles. The predicted octanol–water partition coefficient (Wildman–Crippen LogP) is 2.10. The van der Waals surface area contributed by atoms with Gasteiger partial charge in [0.05, 0.1) is 29.8 Å². The first kappa shape index (κ1) is 20.6. The molecule has 0 aliphatic carbocycles. The van der Waals surface area contributed by atoms with Crippen molar-refractivity contribution in [3.63, 3.8) is 0 Å². The van der Waals surface area contributed by atoms with E-state index >= 15 is 0 Å². The highest BCUT2D eigenvalue weighted by atomic mass is 19.3. The molecular weight excluding hydrogens is 390 g/mol. The average molecular weight is 416 g/mol. The van der Waals surface area contributed by atoms with Gasteiger partial charge in [-0.25, -0.2) is 8.78 Å². The Balaban J connectivity index is 1.59. The van der Waals surface area contributed by atoms with E-state index in [1.165, 1.54) is 0 Å². The lowest BCUT2D eigenvalue weighted by Gasteiger charge is -2.41. The first-order valence-corrected chi connectivity index (χ1v) is 10.2. The van der Waals surface area contributed by atoms with E-state index in [0.29, 0.717) is 23.3 Å². The molecule has 0 saturated carbocycles. The molecule has 2 aliphatic rings. The van der Waals surface area contributed by atoms with E-state index in [-0.39, 0.29) is 18.4 Å². The zero-order valence-electron chi connectivity index (χ0n) is 17.2. The number of piperidine rings is 1. The van der Waals surface area contributed by atoms with Crippen molar-refractivity contribution >= 4 is 28.8 Å². The van der Waals surface area contributed by atoms with Gasteiger partial charge in [0.25, 0.3) is 5.92 Å². The van der Waals surface area contributed by atoms with Crippen LogP contribution in [0.15, 0.2) is 29.5 Å². The summed E-state index contributed by atoms with van der Waals surface area (Å²) in [6.07, 6.45) is 5.50. The Morgan fingerprint density at radius 3 is 2.70 bits per heavy atom. The number of carbonyl (C=O) groups is 1. The van der Waals surface area contributed by atoms with Crippen LogP contribution in [0.5, 0.6) is 0 Å². The van der Waals surface area contributed by atoms with Crippen LogP contribution in [0.3, 0.4) is 0 Å². The topological polar surface area (TPSA) is 73.7 Å². The molecule has 30 heavy (non-hydrogen) atoms. The number of likely N-dealkylation sites (tertiary alicyclic amines) is 1. The van der Waals surface area contributed by atoms with Gasteiger partial charge in [-0.1, -0.05) is 0 Å². The number of nitrogens with one attached hydrogen (secondary N) is 1. The van der Waals surface area contributed by atoms with Crippen molar-refractivity contribution in [1.29, 1.82) is 0 Å². The Labute approximate surface area is 174 Å². The molecule has 3 heterocycles. The molecule has 1 amide bonds. The summed E-state index contributed by atoms with van der Waals surface area (Å²) in [6, 6.07) is 2.64. The number of rotatable bonds is 5. The molecule has 1 N–H and O–H groups in total. The van der Waals surface area contributed by atoms with E-state index in [9.17, 15) is 13.6 Å². The number of fused-ring (bicyclic) bond motifs is 1. The molecule has 0 bridgehead atoms. The van der Waals surface area contributed by atoms with Crippen LogP contribution in [0, 0.1) is 0 Å². The van der Waals surface area contributed by atoms with Gasteiger partial charge >= 0.3 is 0 Å². The summed E-state index contributed by atoms with van der Waals surface area (Å²) in [6.45, 7) is 3.44. The number of halogens is 2. The second kappa shape index (κ2) is 8.22. The third-order valence-corrected chi connectivity index (χ3v) is 5.82. The fourth-order valence-electron chi connectivity index (χ4n) is 4.16. The van der Waals surface area contributed by atoms with Gasteiger partial charge in [0.2, 0.25) is 5.91 Å². The van der Waals surface area contributed by atoms with E-state index in [4.69, 9.17) is 0 Å². The molecular formula is C21H26F2N6O. The van der Waals surface area contributed by atoms with Crippen LogP contribution in [0.25, 0.3) is 11.0 Å². The van der Waals surface area contributed by atoms with Crippen molar-refractivity contribution in [3.05, 3.63) is 30.1 Å². The maximum atomic E-state index is 14.6. The zero-order chi connectivity index (χ0) is 21.3. The number of carbonyl (C=O) groups excluding carboxylic acids is 1. The number of hydrogen-bond donors (Lipinski definition) is 1. The normalized spacial score (nSPS) is 22.8. The number of nitrogens with zero attached hydrogens (tertiary/aromatic N) is 5. The third-order valence-electron chi connectivity index (χ3n) is 5.82. The van der Waals surface area contributed by atoms with E-state index in [2.05, 4.69) is 20.3 Å². The highest BCUT2D eigenvalue weighted by Crippen LogP contribution is 2.34. The number of aromatic nitrogens is 2. The fraction of sp³-hybridized carbons (Fsp3) is 0.524. The summed E-state index contributed by atoms with van der Waals surface area (Å²) in [5.74, 6) is -3.12. The number of alkyl halides is 2. The Morgan fingerprint density at radius 1 is 1.30 bits per heavy atom. The summed E-state index contributed by atoms with van der Waals surface area (Å²) < 4.78 is 29.2. The molecule has 0 radical (unpaired) electrons. The molecule has 2 atom stereocenters. The zero-order valence-corrected chi connectivity index (χ0v) is 17.2. The van der Waals surface area contributed by atoms with Gasteiger partial charge in [-0.2, -0.15) is 0 Å². The summed E-state index contributed by atoms with van der Waals surface area (Å²) in [4.78, 5) is 29.0. The minimum Gasteiger partial charge on any atom is -0.362 e. The van der Waals surface area contributed by atoms with Crippen LogP contribution in [0.1, 0.15) is 25.3 Å². The monoisotopic (exact) mass is 416 g/mol. The van der Waals surface area contributed by atoms with Gasteiger partial charge in [0.15, 0.2) is 0 Å². The van der Waals surface area contributed by atoms with Crippen LogP contribution in [0.4, 0.5) is 14.5 Å². The number of hydrogen-bond acceptors (Lipinski definition) is 6. The molecule has 4 rings (SSSR count). The number of aliphatic imine (C=N–C) groups is 1. The number of benzene rings is 1. The molecule has 2 fully saturated rings. The smallest absolute Gasteiger partial charge is 0.267 e. The Kier molecular flexibility index (Phi) is 5.64. The van der Waals surface area contributed by atoms with E-state index in [1.54, 1.807) is 36.6 Å². The highest BCUT2D eigenvalue weighted by Gasteiger charge is 2.42. The first-order chi connectivity index (χ1) is 14.4. The van der Waals surface area contributed by atoms with Crippen LogP contribution in [0.2, 0.25) is 0 Å². The summed E-state index contributed by atoms with van der Waals surface area (Å²) in [7, 11) is 1.66. The Morgan fingerprint density at radius 2 is 2.03 bits per heavy atom. The third kappa shape index (κ3) is 4.12. The average Bonchev–Trinajstić information content (AvgIpc) is 2.65. The van der Waals surface area contributed by atoms with Gasteiger partial charge in [-0.3, -0.25) is 24.7 Å². The van der Waals surface area contributed by atoms with Crippen LogP contribution in [-0.4, -0.2) is 78.2 Å².